The Labute approximate surface area is 103 Å². The van der Waals surface area contributed by atoms with E-state index in [0.29, 0.717) is 0 Å². The van der Waals surface area contributed by atoms with E-state index >= 15 is 0 Å². The van der Waals surface area contributed by atoms with Crippen LogP contribution in [0.3, 0.4) is 0 Å². The molecule has 0 saturated heterocycles. The predicted octanol–water partition coefficient (Wildman–Crippen LogP) is 2.70. The maximum absolute atomic E-state index is 10.8. The van der Waals surface area contributed by atoms with Crippen molar-refractivity contribution in [3.05, 3.63) is 60.7 Å². The third kappa shape index (κ3) is 1.73. The van der Waals surface area contributed by atoms with Crippen LogP contribution >= 0.6 is 0 Å². The predicted molar refractivity (Wildman–Crippen MR) is 67.6 cm³/mol. The number of carboxylic acids is 1. The van der Waals surface area contributed by atoms with Gasteiger partial charge in [-0.05, 0) is 17.7 Å². The van der Waals surface area contributed by atoms with Gasteiger partial charge in [0.1, 0.15) is 6.33 Å². The van der Waals surface area contributed by atoms with Gasteiger partial charge in [0, 0.05) is 17.3 Å². The van der Waals surface area contributed by atoms with Crippen molar-refractivity contribution in [1.29, 1.82) is 0 Å². The fourth-order valence-corrected chi connectivity index (χ4v) is 1.92. The number of benzene rings is 1. The van der Waals surface area contributed by atoms with E-state index in [0.717, 1.165) is 16.6 Å². The Hall–Kier alpha value is -2.62. The Kier molecular flexibility index (Phi) is 2.34. The van der Waals surface area contributed by atoms with Crippen molar-refractivity contribution in [1.82, 2.24) is 9.38 Å². The SMILES string of the molecule is O=C(O)c1cc2cc(-c3ccccc3)cn2cn1. The monoisotopic (exact) mass is 238 g/mol. The molecule has 0 radical (unpaired) electrons. The third-order valence-electron chi connectivity index (χ3n) is 2.81. The summed E-state index contributed by atoms with van der Waals surface area (Å²) in [6, 6.07) is 13.4. The van der Waals surface area contributed by atoms with Crippen molar-refractivity contribution in [2.45, 2.75) is 0 Å². The number of hydrogen-bond acceptors (Lipinski definition) is 2. The highest BCUT2D eigenvalue weighted by molar-refractivity contribution is 5.87. The zero-order valence-corrected chi connectivity index (χ0v) is 9.45. The molecule has 0 spiro atoms. The van der Waals surface area contributed by atoms with E-state index in [1.54, 1.807) is 6.07 Å². The number of rotatable bonds is 2. The van der Waals surface area contributed by atoms with Crippen LogP contribution in [-0.4, -0.2) is 20.5 Å². The number of fused-ring (bicyclic) bond motifs is 1. The van der Waals surface area contributed by atoms with Crippen LogP contribution in [-0.2, 0) is 0 Å². The fourth-order valence-electron chi connectivity index (χ4n) is 1.92. The summed E-state index contributed by atoms with van der Waals surface area (Å²) < 4.78 is 1.81. The van der Waals surface area contributed by atoms with Gasteiger partial charge >= 0.3 is 5.97 Å². The lowest BCUT2D eigenvalue weighted by atomic mass is 10.1. The Morgan fingerprint density at radius 1 is 1.11 bits per heavy atom. The lowest BCUT2D eigenvalue weighted by Gasteiger charge is -1.95. The molecule has 2 aromatic heterocycles. The number of carboxylic acid groups (broad SMARTS) is 1. The minimum atomic E-state index is -1.01. The molecule has 3 rings (SSSR count). The normalized spacial score (nSPS) is 10.7. The van der Waals surface area contributed by atoms with Gasteiger partial charge in [0.15, 0.2) is 5.69 Å². The molecule has 1 N–H and O–H groups in total. The van der Waals surface area contributed by atoms with Crippen LogP contribution < -0.4 is 0 Å². The topological polar surface area (TPSA) is 54.6 Å². The first-order valence-electron chi connectivity index (χ1n) is 5.50. The molecule has 2 heterocycles. The maximum Gasteiger partial charge on any atom is 0.354 e. The van der Waals surface area contributed by atoms with Crippen LogP contribution in [0.1, 0.15) is 10.5 Å². The highest BCUT2D eigenvalue weighted by Crippen LogP contribution is 2.22. The molecule has 0 bridgehead atoms. The summed E-state index contributed by atoms with van der Waals surface area (Å²) in [5.74, 6) is -1.01. The smallest absolute Gasteiger partial charge is 0.354 e. The molecule has 4 nitrogen and oxygen atoms in total. The van der Waals surface area contributed by atoms with Gasteiger partial charge in [-0.2, -0.15) is 0 Å². The van der Waals surface area contributed by atoms with Gasteiger partial charge < -0.3 is 9.51 Å². The second-order valence-corrected chi connectivity index (χ2v) is 4.01. The second-order valence-electron chi connectivity index (χ2n) is 4.01. The number of aromatic nitrogens is 2. The molecule has 3 aromatic rings. The van der Waals surface area contributed by atoms with Crippen molar-refractivity contribution >= 4 is 11.5 Å². The lowest BCUT2D eigenvalue weighted by molar-refractivity contribution is 0.0690. The van der Waals surface area contributed by atoms with Crippen LogP contribution in [0, 0.1) is 0 Å². The average molecular weight is 238 g/mol. The van der Waals surface area contributed by atoms with Gasteiger partial charge in [-0.3, -0.25) is 0 Å². The summed E-state index contributed by atoms with van der Waals surface area (Å²) in [7, 11) is 0. The van der Waals surface area contributed by atoms with Crippen LogP contribution in [0.15, 0.2) is 55.0 Å². The van der Waals surface area contributed by atoms with Crippen molar-refractivity contribution in [2.24, 2.45) is 0 Å². The first-order valence-corrected chi connectivity index (χ1v) is 5.50. The van der Waals surface area contributed by atoms with Crippen molar-refractivity contribution in [3.8, 4) is 11.1 Å². The molecular weight excluding hydrogens is 228 g/mol. The van der Waals surface area contributed by atoms with E-state index in [2.05, 4.69) is 4.98 Å². The molecule has 0 atom stereocenters. The molecule has 0 saturated carbocycles. The largest absolute Gasteiger partial charge is 0.477 e. The summed E-state index contributed by atoms with van der Waals surface area (Å²) >= 11 is 0. The van der Waals surface area contributed by atoms with Crippen LogP contribution in [0.4, 0.5) is 0 Å². The molecule has 0 aliphatic carbocycles. The Morgan fingerprint density at radius 3 is 2.61 bits per heavy atom. The zero-order valence-electron chi connectivity index (χ0n) is 9.45. The lowest BCUT2D eigenvalue weighted by Crippen LogP contribution is -2.00. The number of hydrogen-bond donors (Lipinski definition) is 1. The van der Waals surface area contributed by atoms with Crippen molar-refractivity contribution in [3.63, 3.8) is 0 Å². The molecule has 0 aliphatic heterocycles. The second kappa shape index (κ2) is 4.00. The first kappa shape index (κ1) is 10.5. The van der Waals surface area contributed by atoms with E-state index in [1.165, 1.54) is 6.33 Å². The first-order chi connectivity index (χ1) is 8.74. The fraction of sp³-hybridized carbons (Fsp3) is 0. The highest BCUT2D eigenvalue weighted by atomic mass is 16.4. The molecule has 0 unspecified atom stereocenters. The molecule has 0 amide bonds. The molecule has 4 heteroatoms. The van der Waals surface area contributed by atoms with E-state index in [4.69, 9.17) is 5.11 Å². The molecule has 18 heavy (non-hydrogen) atoms. The Bertz CT molecular complexity index is 717. The third-order valence-corrected chi connectivity index (χ3v) is 2.81. The number of carbonyl (C=O) groups is 1. The Morgan fingerprint density at radius 2 is 1.89 bits per heavy atom. The molecular formula is C14H10N2O2. The summed E-state index contributed by atoms with van der Waals surface area (Å²) in [6.07, 6.45) is 3.45. The minimum absolute atomic E-state index is 0.0558. The molecule has 1 aromatic carbocycles. The summed E-state index contributed by atoms with van der Waals surface area (Å²) in [5.41, 5.74) is 3.01. The minimum Gasteiger partial charge on any atom is -0.477 e. The quantitative estimate of drug-likeness (QED) is 0.746. The molecule has 0 aliphatic rings. The van der Waals surface area contributed by atoms with Gasteiger partial charge in [0.05, 0.1) is 0 Å². The van der Waals surface area contributed by atoms with Gasteiger partial charge in [-0.25, -0.2) is 9.78 Å². The van der Waals surface area contributed by atoms with Crippen LogP contribution in [0.5, 0.6) is 0 Å². The summed E-state index contributed by atoms with van der Waals surface area (Å²) in [5, 5.41) is 8.90. The van der Waals surface area contributed by atoms with Gasteiger partial charge in [0.25, 0.3) is 0 Å². The standard InChI is InChI=1S/C14H10N2O2/c17-14(18)13-7-12-6-11(8-16(12)9-15-13)10-4-2-1-3-5-10/h1-9H,(H,17,18). The van der Waals surface area contributed by atoms with Crippen molar-refractivity contribution in [2.75, 3.05) is 0 Å². The molecule has 0 fully saturated rings. The zero-order chi connectivity index (χ0) is 12.5. The van der Waals surface area contributed by atoms with Gasteiger partial charge in [-0.1, -0.05) is 30.3 Å². The van der Waals surface area contributed by atoms with Gasteiger partial charge in [0.2, 0.25) is 0 Å². The van der Waals surface area contributed by atoms with Crippen LogP contribution in [0.25, 0.3) is 16.6 Å². The van der Waals surface area contributed by atoms with Crippen LogP contribution in [0.2, 0.25) is 0 Å². The summed E-state index contributed by atoms with van der Waals surface area (Å²) in [6.45, 7) is 0. The van der Waals surface area contributed by atoms with E-state index in [-0.39, 0.29) is 5.69 Å². The number of nitrogens with zero attached hydrogens (tertiary/aromatic N) is 2. The Balaban J connectivity index is 2.14. The van der Waals surface area contributed by atoms with Crippen molar-refractivity contribution < 1.29 is 9.90 Å². The van der Waals surface area contributed by atoms with Gasteiger partial charge in [-0.15, -0.1) is 0 Å². The number of aromatic carboxylic acids is 1. The van der Waals surface area contributed by atoms with E-state index in [1.807, 2.05) is 47.0 Å². The van der Waals surface area contributed by atoms with E-state index in [9.17, 15) is 4.79 Å². The molecule has 88 valence electrons. The average Bonchev–Trinajstić information content (AvgIpc) is 2.82. The van der Waals surface area contributed by atoms with E-state index < -0.39 is 5.97 Å². The summed E-state index contributed by atoms with van der Waals surface area (Å²) in [4.78, 5) is 14.7. The highest BCUT2D eigenvalue weighted by Gasteiger charge is 2.07. The maximum atomic E-state index is 10.8.